The average molecular weight is 387 g/mol. The van der Waals surface area contributed by atoms with Gasteiger partial charge in [-0.05, 0) is 30.0 Å². The first-order valence-corrected chi connectivity index (χ1v) is 9.28. The maximum absolute atomic E-state index is 12.5. The first-order valence-electron chi connectivity index (χ1n) is 8.02. The van der Waals surface area contributed by atoms with Crippen LogP contribution in [0.1, 0.15) is 28.4 Å². The van der Waals surface area contributed by atoms with Crippen molar-refractivity contribution < 1.29 is 9.59 Å². The number of carbonyl (C=O) groups excluding carboxylic acids is 2. The second kappa shape index (κ2) is 6.59. The summed E-state index contributed by atoms with van der Waals surface area (Å²) in [6.45, 7) is 0. The Morgan fingerprint density at radius 2 is 2.15 bits per heavy atom. The fraction of sp³-hybridized carbons (Fsp3) is 0.167. The van der Waals surface area contributed by atoms with Gasteiger partial charge in [-0.25, -0.2) is 4.98 Å². The average Bonchev–Trinajstić information content (AvgIpc) is 3.03. The lowest BCUT2D eigenvalue weighted by Crippen LogP contribution is -2.14. The van der Waals surface area contributed by atoms with E-state index in [2.05, 4.69) is 15.3 Å². The van der Waals surface area contributed by atoms with E-state index < -0.39 is 5.91 Å². The van der Waals surface area contributed by atoms with Crippen molar-refractivity contribution in [3.05, 3.63) is 58.2 Å². The molecule has 132 valence electrons. The van der Waals surface area contributed by atoms with Gasteiger partial charge in [-0.3, -0.25) is 9.59 Å². The number of benzene rings is 1. The van der Waals surface area contributed by atoms with Crippen LogP contribution in [0.25, 0.3) is 11.3 Å². The summed E-state index contributed by atoms with van der Waals surface area (Å²) < 4.78 is 0. The van der Waals surface area contributed by atoms with Crippen LogP contribution in [0.3, 0.4) is 0 Å². The summed E-state index contributed by atoms with van der Waals surface area (Å²) in [6.07, 6.45) is 2.45. The van der Waals surface area contributed by atoms with Gasteiger partial charge in [-0.1, -0.05) is 29.8 Å². The maximum atomic E-state index is 12.5. The normalized spacial score (nSPS) is 18.5. The molecule has 0 bridgehead atoms. The summed E-state index contributed by atoms with van der Waals surface area (Å²) in [5, 5.41) is 5.91. The number of nitrogens with zero attached hydrogens (tertiary/aromatic N) is 1. The number of H-pyrrole nitrogens is 1. The van der Waals surface area contributed by atoms with Crippen LogP contribution >= 0.6 is 22.9 Å². The van der Waals surface area contributed by atoms with E-state index in [9.17, 15) is 9.59 Å². The number of nitrogens with two attached hydrogens (primary N) is 1. The maximum Gasteiger partial charge on any atom is 0.265 e. The molecule has 1 saturated carbocycles. The van der Waals surface area contributed by atoms with Gasteiger partial charge < -0.3 is 16.0 Å². The van der Waals surface area contributed by atoms with Gasteiger partial charge in [-0.15, -0.1) is 11.3 Å². The largest absolute Gasteiger partial charge is 0.364 e. The number of halogens is 1. The van der Waals surface area contributed by atoms with Gasteiger partial charge in [0.2, 0.25) is 5.91 Å². The Balaban J connectivity index is 1.42. The van der Waals surface area contributed by atoms with E-state index in [1.165, 1.54) is 11.3 Å². The van der Waals surface area contributed by atoms with E-state index in [1.54, 1.807) is 12.3 Å². The van der Waals surface area contributed by atoms with Gasteiger partial charge in [0, 0.05) is 28.1 Å². The first kappa shape index (κ1) is 16.8. The third-order valence-corrected chi connectivity index (χ3v) is 5.51. The van der Waals surface area contributed by atoms with Crippen LogP contribution in [0.5, 0.6) is 0 Å². The summed E-state index contributed by atoms with van der Waals surface area (Å²) >= 11 is 7.54. The molecule has 6 nitrogen and oxygen atoms in total. The van der Waals surface area contributed by atoms with Gasteiger partial charge in [0.15, 0.2) is 5.13 Å². The molecule has 4 N–H and O–H groups in total. The highest BCUT2D eigenvalue weighted by molar-refractivity contribution is 7.14. The second-order valence-corrected chi connectivity index (χ2v) is 7.43. The topological polar surface area (TPSA) is 101 Å². The molecule has 2 atom stereocenters. The number of thiazole rings is 1. The van der Waals surface area contributed by atoms with Crippen LogP contribution in [0, 0.1) is 5.92 Å². The second-order valence-electron chi connectivity index (χ2n) is 6.16. The van der Waals surface area contributed by atoms with Crippen LogP contribution in [-0.2, 0) is 4.79 Å². The molecule has 0 radical (unpaired) electrons. The van der Waals surface area contributed by atoms with Crippen LogP contribution in [0.4, 0.5) is 5.13 Å². The zero-order chi connectivity index (χ0) is 18.3. The number of carbonyl (C=O) groups is 2. The molecule has 1 fully saturated rings. The van der Waals surface area contributed by atoms with Crippen molar-refractivity contribution in [2.24, 2.45) is 11.7 Å². The van der Waals surface area contributed by atoms with Crippen LogP contribution in [0.15, 0.2) is 41.9 Å². The van der Waals surface area contributed by atoms with E-state index >= 15 is 0 Å². The number of hydrogen-bond donors (Lipinski definition) is 3. The first-order chi connectivity index (χ1) is 12.5. The Morgan fingerprint density at radius 3 is 2.88 bits per heavy atom. The Hall–Kier alpha value is -2.64. The molecular weight excluding hydrogens is 372 g/mol. The Bertz CT molecular complexity index is 997. The number of primary amides is 1. The molecule has 0 aliphatic heterocycles. The van der Waals surface area contributed by atoms with Crippen molar-refractivity contribution in [3.63, 3.8) is 0 Å². The number of nitrogens with one attached hydrogen (secondary N) is 2. The summed E-state index contributed by atoms with van der Waals surface area (Å²) in [5.41, 5.74) is 7.99. The summed E-state index contributed by atoms with van der Waals surface area (Å²) in [7, 11) is 0. The van der Waals surface area contributed by atoms with Crippen LogP contribution in [0.2, 0.25) is 5.02 Å². The van der Waals surface area contributed by atoms with Crippen molar-refractivity contribution in [1.29, 1.82) is 0 Å². The minimum absolute atomic E-state index is 0.0530. The molecule has 2 amide bonds. The third-order valence-electron chi connectivity index (χ3n) is 4.41. The smallest absolute Gasteiger partial charge is 0.265 e. The molecule has 0 saturated heterocycles. The molecule has 2 unspecified atom stereocenters. The lowest BCUT2D eigenvalue weighted by Gasteiger charge is -2.03. The van der Waals surface area contributed by atoms with Crippen molar-refractivity contribution >= 4 is 39.9 Å². The monoisotopic (exact) mass is 386 g/mol. The Morgan fingerprint density at radius 1 is 1.35 bits per heavy atom. The summed E-state index contributed by atoms with van der Waals surface area (Å²) in [5.74, 6) is -0.510. The third kappa shape index (κ3) is 3.23. The molecule has 1 aromatic carbocycles. The molecule has 26 heavy (non-hydrogen) atoms. The highest BCUT2D eigenvalue weighted by Gasteiger charge is 2.45. The Kier molecular flexibility index (Phi) is 4.26. The number of hydrogen-bond acceptors (Lipinski definition) is 4. The molecule has 3 aromatic rings. The molecule has 1 aliphatic rings. The van der Waals surface area contributed by atoms with Crippen molar-refractivity contribution in [2.45, 2.75) is 12.3 Å². The molecule has 0 spiro atoms. The van der Waals surface area contributed by atoms with Crippen molar-refractivity contribution in [1.82, 2.24) is 9.97 Å². The highest BCUT2D eigenvalue weighted by Crippen LogP contribution is 2.50. The fourth-order valence-electron chi connectivity index (χ4n) is 2.95. The van der Waals surface area contributed by atoms with E-state index in [0.717, 1.165) is 17.5 Å². The van der Waals surface area contributed by atoms with Crippen molar-refractivity contribution in [2.75, 3.05) is 5.32 Å². The van der Waals surface area contributed by atoms with E-state index in [1.807, 2.05) is 29.6 Å². The lowest BCUT2D eigenvalue weighted by molar-refractivity contribution is -0.117. The van der Waals surface area contributed by atoms with E-state index in [4.69, 9.17) is 17.3 Å². The molecular formula is C18H15ClN4O2S. The number of aromatic nitrogens is 2. The molecule has 8 heteroatoms. The van der Waals surface area contributed by atoms with Gasteiger partial charge >= 0.3 is 0 Å². The van der Waals surface area contributed by atoms with Crippen LogP contribution in [-0.4, -0.2) is 21.8 Å². The zero-order valence-corrected chi connectivity index (χ0v) is 15.1. The number of rotatable bonds is 5. The summed E-state index contributed by atoms with van der Waals surface area (Å²) in [6, 6.07) is 9.25. The van der Waals surface area contributed by atoms with E-state index in [0.29, 0.717) is 21.5 Å². The Labute approximate surface area is 158 Å². The van der Waals surface area contributed by atoms with Crippen LogP contribution < -0.4 is 11.1 Å². The predicted octanol–water partition coefficient (Wildman–Crippen LogP) is 3.63. The summed E-state index contributed by atoms with van der Waals surface area (Å²) in [4.78, 5) is 30.8. The predicted molar refractivity (Wildman–Crippen MR) is 101 cm³/mol. The minimum Gasteiger partial charge on any atom is -0.364 e. The number of anilines is 1. The fourth-order valence-corrected chi connectivity index (χ4v) is 3.95. The SMILES string of the molecule is NC(=O)c1cc(-c2csc(NC(=O)C3CC3c3ccccc3Cl)n2)c[nH]1. The number of amides is 2. The van der Waals surface area contributed by atoms with Gasteiger partial charge in [0.25, 0.3) is 5.91 Å². The minimum atomic E-state index is -0.528. The highest BCUT2D eigenvalue weighted by atomic mass is 35.5. The number of aromatic amines is 1. The van der Waals surface area contributed by atoms with Crippen molar-refractivity contribution in [3.8, 4) is 11.3 Å². The van der Waals surface area contributed by atoms with Gasteiger partial charge in [0.05, 0.1) is 5.69 Å². The molecule has 2 aromatic heterocycles. The van der Waals surface area contributed by atoms with Gasteiger partial charge in [-0.2, -0.15) is 0 Å². The standard InChI is InChI=1S/C18H15ClN4O2S/c19-13-4-2-1-3-10(13)11-6-12(11)17(25)23-18-22-15(8-26-18)9-5-14(16(20)24)21-7-9/h1-5,7-8,11-12,21H,6H2,(H2,20,24)(H,22,23,25). The quantitative estimate of drug-likeness (QED) is 0.624. The molecule has 4 rings (SSSR count). The lowest BCUT2D eigenvalue weighted by atomic mass is 10.1. The van der Waals surface area contributed by atoms with Gasteiger partial charge in [0.1, 0.15) is 5.69 Å². The zero-order valence-electron chi connectivity index (χ0n) is 13.5. The van der Waals surface area contributed by atoms with E-state index in [-0.39, 0.29) is 17.7 Å². The molecule has 2 heterocycles. The molecule has 1 aliphatic carbocycles.